The van der Waals surface area contributed by atoms with Gasteiger partial charge in [0.15, 0.2) is 0 Å². The molecule has 19 heavy (non-hydrogen) atoms. The van der Waals surface area contributed by atoms with Crippen LogP contribution in [0.2, 0.25) is 0 Å². The lowest BCUT2D eigenvalue weighted by atomic mass is 10.0. The maximum absolute atomic E-state index is 8.94. The zero-order valence-electron chi connectivity index (χ0n) is 11.6. The Morgan fingerprint density at radius 1 is 1.21 bits per heavy atom. The minimum atomic E-state index is 0.272. The van der Waals surface area contributed by atoms with Gasteiger partial charge in [-0.05, 0) is 23.6 Å². The van der Waals surface area contributed by atoms with E-state index in [0.29, 0.717) is 5.92 Å². The molecule has 4 heteroatoms. The van der Waals surface area contributed by atoms with Crippen LogP contribution in [0.15, 0.2) is 28.7 Å². The fourth-order valence-corrected chi connectivity index (χ4v) is 3.06. The Labute approximate surface area is 124 Å². The fourth-order valence-electron chi connectivity index (χ4n) is 2.64. The van der Waals surface area contributed by atoms with Crippen LogP contribution in [0, 0.1) is 0 Å². The molecule has 1 heterocycles. The number of hydrogen-bond acceptors (Lipinski definition) is 3. The summed E-state index contributed by atoms with van der Waals surface area (Å²) in [6, 6.07) is 8.60. The molecule has 1 saturated heterocycles. The van der Waals surface area contributed by atoms with Crippen molar-refractivity contribution in [3.63, 3.8) is 0 Å². The quantitative estimate of drug-likeness (QED) is 0.898. The number of β-amino-alcohol motifs (C(OH)–C–C–N with tert-alkyl or cyclic N) is 1. The Balaban J connectivity index is 1.82. The van der Waals surface area contributed by atoms with Crippen LogP contribution in [0.1, 0.15) is 18.4 Å². The van der Waals surface area contributed by atoms with Crippen molar-refractivity contribution < 1.29 is 5.11 Å². The summed E-state index contributed by atoms with van der Waals surface area (Å²) < 4.78 is 1.16. The largest absolute Gasteiger partial charge is 0.395 e. The lowest BCUT2D eigenvalue weighted by molar-refractivity contribution is 0.109. The van der Waals surface area contributed by atoms with Crippen molar-refractivity contribution in [2.75, 3.05) is 45.9 Å². The van der Waals surface area contributed by atoms with E-state index in [0.717, 1.165) is 43.7 Å². The Morgan fingerprint density at radius 3 is 2.53 bits per heavy atom. The first kappa shape index (κ1) is 15.0. The highest BCUT2D eigenvalue weighted by atomic mass is 79.9. The summed E-state index contributed by atoms with van der Waals surface area (Å²) in [5.74, 6) is 0.557. The Morgan fingerprint density at radius 2 is 1.89 bits per heavy atom. The number of rotatable bonds is 5. The van der Waals surface area contributed by atoms with Gasteiger partial charge < -0.3 is 10.0 Å². The van der Waals surface area contributed by atoms with Crippen molar-refractivity contribution >= 4 is 15.9 Å². The number of aliphatic hydroxyl groups excluding tert-OH is 1. The molecule has 0 aliphatic carbocycles. The first-order valence-corrected chi connectivity index (χ1v) is 7.79. The van der Waals surface area contributed by atoms with Gasteiger partial charge in [0.25, 0.3) is 0 Å². The van der Waals surface area contributed by atoms with E-state index in [2.05, 4.69) is 56.9 Å². The van der Waals surface area contributed by atoms with Crippen molar-refractivity contribution in [2.24, 2.45) is 0 Å². The zero-order chi connectivity index (χ0) is 13.7. The van der Waals surface area contributed by atoms with Gasteiger partial charge in [0.1, 0.15) is 0 Å². The summed E-state index contributed by atoms with van der Waals surface area (Å²) in [5.41, 5.74) is 1.40. The summed E-state index contributed by atoms with van der Waals surface area (Å²) in [4.78, 5) is 4.86. The van der Waals surface area contributed by atoms with E-state index >= 15 is 0 Å². The average Bonchev–Trinajstić information content (AvgIpc) is 2.41. The molecule has 1 unspecified atom stereocenters. The van der Waals surface area contributed by atoms with Crippen molar-refractivity contribution in [1.29, 1.82) is 0 Å². The molecule has 0 spiro atoms. The summed E-state index contributed by atoms with van der Waals surface area (Å²) in [7, 11) is 0. The molecule has 106 valence electrons. The number of piperazine rings is 1. The van der Waals surface area contributed by atoms with E-state index in [1.807, 2.05) is 0 Å². The molecule has 1 aromatic rings. The highest BCUT2D eigenvalue weighted by Gasteiger charge is 2.18. The van der Waals surface area contributed by atoms with E-state index in [4.69, 9.17) is 5.11 Å². The van der Waals surface area contributed by atoms with Crippen molar-refractivity contribution in [3.05, 3.63) is 34.3 Å². The first-order chi connectivity index (χ1) is 9.19. The minimum absolute atomic E-state index is 0.272. The van der Waals surface area contributed by atoms with Gasteiger partial charge in [-0.25, -0.2) is 0 Å². The van der Waals surface area contributed by atoms with Gasteiger partial charge in [0, 0.05) is 43.7 Å². The van der Waals surface area contributed by atoms with Gasteiger partial charge in [-0.2, -0.15) is 0 Å². The van der Waals surface area contributed by atoms with Crippen molar-refractivity contribution in [3.8, 4) is 0 Å². The fraction of sp³-hybridized carbons (Fsp3) is 0.600. The lowest BCUT2D eigenvalue weighted by Gasteiger charge is -2.35. The highest BCUT2D eigenvalue weighted by Crippen LogP contribution is 2.21. The Bertz CT molecular complexity index is 391. The molecule has 1 aliphatic heterocycles. The van der Waals surface area contributed by atoms with Gasteiger partial charge in [-0.3, -0.25) is 4.90 Å². The molecule has 0 bridgehead atoms. The minimum Gasteiger partial charge on any atom is -0.395 e. The van der Waals surface area contributed by atoms with Crippen molar-refractivity contribution in [1.82, 2.24) is 9.80 Å². The molecule has 0 radical (unpaired) electrons. The van der Waals surface area contributed by atoms with Gasteiger partial charge in [0.2, 0.25) is 0 Å². The predicted molar refractivity (Wildman–Crippen MR) is 82.5 cm³/mol. The van der Waals surface area contributed by atoms with Crippen LogP contribution in [0.25, 0.3) is 0 Å². The summed E-state index contributed by atoms with van der Waals surface area (Å²) in [5, 5.41) is 8.94. The molecule has 1 fully saturated rings. The van der Waals surface area contributed by atoms with Crippen LogP contribution in [0.5, 0.6) is 0 Å². The van der Waals surface area contributed by atoms with E-state index < -0.39 is 0 Å². The number of aliphatic hydroxyl groups is 1. The molecular weight excluding hydrogens is 304 g/mol. The maximum Gasteiger partial charge on any atom is 0.0558 e. The Hall–Kier alpha value is -0.420. The van der Waals surface area contributed by atoms with Gasteiger partial charge in [0.05, 0.1) is 6.61 Å². The number of nitrogens with zero attached hydrogens (tertiary/aromatic N) is 2. The lowest BCUT2D eigenvalue weighted by Crippen LogP contribution is -2.47. The van der Waals surface area contributed by atoms with Crippen LogP contribution in [0.4, 0.5) is 0 Å². The second-order valence-electron chi connectivity index (χ2n) is 5.32. The molecular formula is C15H23BrN2O. The smallest absolute Gasteiger partial charge is 0.0558 e. The van der Waals surface area contributed by atoms with Crippen molar-refractivity contribution in [2.45, 2.75) is 12.8 Å². The highest BCUT2D eigenvalue weighted by molar-refractivity contribution is 9.10. The van der Waals surface area contributed by atoms with E-state index in [1.165, 1.54) is 5.56 Å². The molecule has 1 aliphatic rings. The number of benzene rings is 1. The van der Waals surface area contributed by atoms with E-state index in [1.54, 1.807) is 0 Å². The van der Waals surface area contributed by atoms with E-state index in [-0.39, 0.29) is 6.61 Å². The normalized spacial score (nSPS) is 19.5. The molecule has 0 amide bonds. The second kappa shape index (κ2) is 7.39. The monoisotopic (exact) mass is 326 g/mol. The Kier molecular flexibility index (Phi) is 5.82. The third-order valence-electron chi connectivity index (χ3n) is 3.83. The standard InChI is InChI=1S/C15H23BrN2O/c1-13(14-3-2-4-15(16)11-14)12-18-7-5-17(6-8-18)9-10-19/h2-4,11,13,19H,5-10,12H2,1H3. The molecule has 1 atom stereocenters. The van der Waals surface area contributed by atoms with Gasteiger partial charge in [-0.15, -0.1) is 0 Å². The predicted octanol–water partition coefficient (Wildman–Crippen LogP) is 2.16. The number of halogens is 1. The molecule has 0 aromatic heterocycles. The van der Waals surface area contributed by atoms with Crippen LogP contribution in [-0.2, 0) is 0 Å². The zero-order valence-corrected chi connectivity index (χ0v) is 13.1. The third-order valence-corrected chi connectivity index (χ3v) is 4.32. The third kappa shape index (κ3) is 4.56. The second-order valence-corrected chi connectivity index (χ2v) is 6.24. The SMILES string of the molecule is CC(CN1CCN(CCO)CC1)c1cccc(Br)c1. The first-order valence-electron chi connectivity index (χ1n) is 7.00. The summed E-state index contributed by atoms with van der Waals surface area (Å²) in [6.45, 7) is 8.86. The van der Waals surface area contributed by atoms with Crippen LogP contribution < -0.4 is 0 Å². The van der Waals surface area contributed by atoms with Gasteiger partial charge in [-0.1, -0.05) is 35.0 Å². The average molecular weight is 327 g/mol. The summed E-state index contributed by atoms with van der Waals surface area (Å²) >= 11 is 3.54. The number of hydrogen-bond donors (Lipinski definition) is 1. The topological polar surface area (TPSA) is 26.7 Å². The molecule has 1 aromatic carbocycles. The molecule has 2 rings (SSSR count). The molecule has 3 nitrogen and oxygen atoms in total. The van der Waals surface area contributed by atoms with Crippen LogP contribution in [-0.4, -0.2) is 60.8 Å². The van der Waals surface area contributed by atoms with E-state index in [9.17, 15) is 0 Å². The van der Waals surface area contributed by atoms with Crippen LogP contribution >= 0.6 is 15.9 Å². The molecule has 1 N–H and O–H groups in total. The summed E-state index contributed by atoms with van der Waals surface area (Å²) in [6.07, 6.45) is 0. The molecule has 0 saturated carbocycles. The van der Waals surface area contributed by atoms with Gasteiger partial charge >= 0.3 is 0 Å². The van der Waals surface area contributed by atoms with Crippen LogP contribution in [0.3, 0.4) is 0 Å². The maximum atomic E-state index is 8.94.